The van der Waals surface area contributed by atoms with Gasteiger partial charge in [0.1, 0.15) is 5.58 Å². The van der Waals surface area contributed by atoms with E-state index in [2.05, 4.69) is 4.90 Å². The van der Waals surface area contributed by atoms with Crippen molar-refractivity contribution in [3.05, 3.63) is 92.8 Å². The second-order valence-electron chi connectivity index (χ2n) is 9.10. The molecule has 1 atom stereocenters. The number of nitrogens with zero attached hydrogens (tertiary/aromatic N) is 2. The van der Waals surface area contributed by atoms with Crippen molar-refractivity contribution in [3.8, 4) is 0 Å². The second kappa shape index (κ2) is 9.11. The molecular formula is C28H25ClN2O4. The van der Waals surface area contributed by atoms with Crippen molar-refractivity contribution in [2.75, 3.05) is 39.4 Å². The number of ether oxygens (including phenoxy) is 1. The van der Waals surface area contributed by atoms with Gasteiger partial charge in [0.2, 0.25) is 5.76 Å². The van der Waals surface area contributed by atoms with Gasteiger partial charge in [0, 0.05) is 36.6 Å². The van der Waals surface area contributed by atoms with E-state index in [0.717, 1.165) is 55.6 Å². The van der Waals surface area contributed by atoms with Crippen LogP contribution in [0.2, 0.25) is 5.02 Å². The number of carbonyl (C=O) groups is 1. The Balaban J connectivity index is 1.45. The molecule has 7 heteroatoms. The maximum Gasteiger partial charge on any atom is 0.290 e. The van der Waals surface area contributed by atoms with Crippen LogP contribution in [-0.4, -0.2) is 55.1 Å². The second-order valence-corrected chi connectivity index (χ2v) is 9.54. The van der Waals surface area contributed by atoms with E-state index in [0.29, 0.717) is 28.1 Å². The molecule has 35 heavy (non-hydrogen) atoms. The summed E-state index contributed by atoms with van der Waals surface area (Å²) in [4.78, 5) is 31.7. The van der Waals surface area contributed by atoms with Crippen molar-refractivity contribution in [2.24, 2.45) is 0 Å². The molecule has 2 aliphatic heterocycles. The van der Waals surface area contributed by atoms with Gasteiger partial charge in [-0.05, 0) is 35.6 Å². The molecular weight excluding hydrogens is 464 g/mol. The zero-order valence-electron chi connectivity index (χ0n) is 19.2. The smallest absolute Gasteiger partial charge is 0.290 e. The predicted molar refractivity (Wildman–Crippen MR) is 136 cm³/mol. The Morgan fingerprint density at radius 3 is 2.57 bits per heavy atom. The molecule has 0 bridgehead atoms. The molecule has 0 spiro atoms. The number of halogens is 1. The molecule has 3 heterocycles. The van der Waals surface area contributed by atoms with Crippen LogP contribution in [0.4, 0.5) is 0 Å². The molecule has 178 valence electrons. The van der Waals surface area contributed by atoms with Crippen LogP contribution in [0, 0.1) is 0 Å². The fourth-order valence-electron chi connectivity index (χ4n) is 5.29. The third kappa shape index (κ3) is 3.92. The molecule has 6 nitrogen and oxygen atoms in total. The lowest BCUT2D eigenvalue weighted by Gasteiger charge is -2.29. The normalized spacial score (nSPS) is 18.5. The van der Waals surface area contributed by atoms with Crippen LogP contribution >= 0.6 is 11.6 Å². The van der Waals surface area contributed by atoms with E-state index in [4.69, 9.17) is 20.8 Å². The number of amides is 1. The Hall–Kier alpha value is -3.19. The maximum absolute atomic E-state index is 13.9. The number of hydrogen-bond acceptors (Lipinski definition) is 5. The van der Waals surface area contributed by atoms with Crippen LogP contribution in [-0.2, 0) is 4.74 Å². The van der Waals surface area contributed by atoms with Crippen LogP contribution < -0.4 is 5.43 Å². The van der Waals surface area contributed by atoms with Crippen LogP contribution in [0.3, 0.4) is 0 Å². The van der Waals surface area contributed by atoms with Crippen LogP contribution in [0.25, 0.3) is 21.7 Å². The van der Waals surface area contributed by atoms with E-state index in [1.807, 2.05) is 48.5 Å². The fourth-order valence-corrected chi connectivity index (χ4v) is 5.49. The first kappa shape index (κ1) is 22.3. The summed E-state index contributed by atoms with van der Waals surface area (Å²) in [6.07, 6.45) is 0.785. The Bertz CT molecular complexity index is 1490. The molecule has 0 N–H and O–H groups in total. The average Bonchev–Trinajstić information content (AvgIpc) is 3.16. The summed E-state index contributed by atoms with van der Waals surface area (Å²) in [5.41, 5.74) is 1.50. The molecule has 0 saturated carbocycles. The lowest BCUT2D eigenvalue weighted by molar-refractivity contribution is 0.0353. The Labute approximate surface area is 207 Å². The molecule has 1 unspecified atom stereocenters. The molecule has 1 fully saturated rings. The minimum Gasteiger partial charge on any atom is -0.450 e. The van der Waals surface area contributed by atoms with Gasteiger partial charge in [0.25, 0.3) is 5.91 Å². The number of rotatable bonds is 5. The highest BCUT2D eigenvalue weighted by atomic mass is 35.5. The van der Waals surface area contributed by atoms with E-state index >= 15 is 0 Å². The number of hydrogen-bond donors (Lipinski definition) is 0. The van der Waals surface area contributed by atoms with Gasteiger partial charge in [-0.15, -0.1) is 0 Å². The molecule has 0 radical (unpaired) electrons. The zero-order chi connectivity index (χ0) is 23.9. The highest BCUT2D eigenvalue weighted by molar-refractivity contribution is 6.30. The third-order valence-corrected chi connectivity index (χ3v) is 7.23. The minimum absolute atomic E-state index is 0.134. The summed E-state index contributed by atoms with van der Waals surface area (Å²) in [7, 11) is 0. The molecule has 4 aromatic rings. The number of carbonyl (C=O) groups excluding carboxylic acids is 1. The van der Waals surface area contributed by atoms with E-state index in [1.54, 1.807) is 17.0 Å². The first-order chi connectivity index (χ1) is 17.1. The quantitative estimate of drug-likeness (QED) is 0.375. The number of fused-ring (bicyclic) bond motifs is 4. The molecule has 0 aliphatic carbocycles. The molecule has 1 saturated heterocycles. The Morgan fingerprint density at radius 1 is 0.914 bits per heavy atom. The topological polar surface area (TPSA) is 63.0 Å². The SMILES string of the molecule is O=C1c2oc3c(ccc4ccccc43)c(=O)c2C(c2cccc(Cl)c2)N1CCCN1CCOCC1. The summed E-state index contributed by atoms with van der Waals surface area (Å²) in [6.45, 7) is 4.62. The molecule has 6 rings (SSSR count). The van der Waals surface area contributed by atoms with E-state index in [-0.39, 0.29) is 17.1 Å². The summed E-state index contributed by atoms with van der Waals surface area (Å²) >= 11 is 6.32. The van der Waals surface area contributed by atoms with Gasteiger partial charge >= 0.3 is 0 Å². The summed E-state index contributed by atoms with van der Waals surface area (Å²) < 4.78 is 11.7. The van der Waals surface area contributed by atoms with Gasteiger partial charge in [-0.25, -0.2) is 0 Å². The van der Waals surface area contributed by atoms with Crippen LogP contribution in [0.15, 0.2) is 69.9 Å². The van der Waals surface area contributed by atoms with E-state index < -0.39 is 6.04 Å². The van der Waals surface area contributed by atoms with E-state index in [1.165, 1.54) is 0 Å². The standard InChI is InChI=1S/C28H25ClN2O4/c29-20-7-3-6-19(17-20)24-23-25(32)22-10-9-18-5-1-2-8-21(18)26(22)35-27(23)28(33)31(24)12-4-11-30-13-15-34-16-14-30/h1-3,5-10,17,24H,4,11-16H2. The van der Waals surface area contributed by atoms with Gasteiger partial charge in [-0.1, -0.05) is 54.1 Å². The molecule has 2 aliphatic rings. The lowest BCUT2D eigenvalue weighted by Crippen LogP contribution is -2.38. The molecule has 3 aromatic carbocycles. The summed E-state index contributed by atoms with van der Waals surface area (Å²) in [6, 6.07) is 18.3. The fraction of sp³-hybridized carbons (Fsp3) is 0.286. The molecule has 1 aromatic heterocycles. The van der Waals surface area contributed by atoms with Crippen molar-refractivity contribution in [1.82, 2.24) is 9.80 Å². The van der Waals surface area contributed by atoms with Crippen molar-refractivity contribution < 1.29 is 13.9 Å². The number of morpholine rings is 1. The lowest BCUT2D eigenvalue weighted by atomic mass is 9.97. The largest absolute Gasteiger partial charge is 0.450 e. The summed E-state index contributed by atoms with van der Waals surface area (Å²) in [5.74, 6) is -0.117. The van der Waals surface area contributed by atoms with Crippen LogP contribution in [0.5, 0.6) is 0 Å². The number of benzene rings is 3. The highest BCUT2D eigenvalue weighted by Gasteiger charge is 2.42. The van der Waals surface area contributed by atoms with Crippen LogP contribution in [0.1, 0.15) is 34.1 Å². The zero-order valence-corrected chi connectivity index (χ0v) is 20.0. The van der Waals surface area contributed by atoms with Crippen molar-refractivity contribution in [1.29, 1.82) is 0 Å². The molecule has 1 amide bonds. The van der Waals surface area contributed by atoms with Gasteiger partial charge in [0.05, 0.1) is 30.2 Å². The predicted octanol–water partition coefficient (Wildman–Crippen LogP) is 4.87. The first-order valence-electron chi connectivity index (χ1n) is 12.0. The monoisotopic (exact) mass is 488 g/mol. The highest BCUT2D eigenvalue weighted by Crippen LogP contribution is 2.39. The van der Waals surface area contributed by atoms with Crippen molar-refractivity contribution in [3.63, 3.8) is 0 Å². The Morgan fingerprint density at radius 2 is 1.74 bits per heavy atom. The van der Waals surface area contributed by atoms with Gasteiger partial charge in [-0.3, -0.25) is 14.5 Å². The van der Waals surface area contributed by atoms with Crippen molar-refractivity contribution in [2.45, 2.75) is 12.5 Å². The third-order valence-electron chi connectivity index (χ3n) is 7.00. The Kier molecular flexibility index (Phi) is 5.80. The summed E-state index contributed by atoms with van der Waals surface area (Å²) in [5, 5.41) is 2.83. The van der Waals surface area contributed by atoms with Gasteiger partial charge in [0.15, 0.2) is 5.43 Å². The maximum atomic E-state index is 13.9. The average molecular weight is 489 g/mol. The van der Waals surface area contributed by atoms with Gasteiger partial charge in [-0.2, -0.15) is 0 Å². The van der Waals surface area contributed by atoms with E-state index in [9.17, 15) is 9.59 Å². The van der Waals surface area contributed by atoms with Gasteiger partial charge < -0.3 is 14.1 Å². The first-order valence-corrected chi connectivity index (χ1v) is 12.3. The minimum atomic E-state index is -0.534. The van der Waals surface area contributed by atoms with Crippen molar-refractivity contribution >= 4 is 39.2 Å².